The average molecular weight is 587 g/mol. The number of nitro benzene ring substituents is 1. The minimum atomic E-state index is -0.471. The first-order chi connectivity index (χ1) is 18.3. The first-order valence-corrected chi connectivity index (χ1v) is 13.6. The number of likely N-dealkylation sites (tertiary alicyclic amines) is 2. The van der Waals surface area contributed by atoms with Gasteiger partial charge in [-0.3, -0.25) is 24.7 Å². The van der Waals surface area contributed by atoms with Gasteiger partial charge in [-0.15, -0.1) is 0 Å². The third-order valence-corrected chi connectivity index (χ3v) is 8.23. The van der Waals surface area contributed by atoms with Crippen LogP contribution < -0.4 is 10.6 Å². The zero-order chi connectivity index (χ0) is 26.9. The molecule has 0 saturated carbocycles. The maximum absolute atomic E-state index is 13.7. The fourth-order valence-electron chi connectivity index (χ4n) is 5.45. The Bertz CT molecular complexity index is 1240. The molecule has 2 aromatic rings. The molecule has 38 heavy (non-hydrogen) atoms. The van der Waals surface area contributed by atoms with Gasteiger partial charge in [0.2, 0.25) is 0 Å². The van der Waals surface area contributed by atoms with Gasteiger partial charge in [0.05, 0.1) is 35.0 Å². The minimum absolute atomic E-state index is 0.148. The average Bonchev–Trinajstić information content (AvgIpc) is 2.92. The van der Waals surface area contributed by atoms with E-state index < -0.39 is 4.92 Å². The van der Waals surface area contributed by atoms with E-state index in [1.807, 2.05) is 0 Å². The highest BCUT2D eigenvalue weighted by molar-refractivity contribution is 9.10. The zero-order valence-electron chi connectivity index (χ0n) is 21.2. The fourth-order valence-corrected chi connectivity index (χ4v) is 5.90. The van der Waals surface area contributed by atoms with Gasteiger partial charge in [0.1, 0.15) is 5.69 Å². The summed E-state index contributed by atoms with van der Waals surface area (Å²) >= 11 is 3.35. The van der Waals surface area contributed by atoms with Gasteiger partial charge in [-0.05, 0) is 37.8 Å². The molecule has 0 bridgehead atoms. The monoisotopic (exact) mass is 586 g/mol. The van der Waals surface area contributed by atoms with E-state index in [9.17, 15) is 19.7 Å². The Morgan fingerprint density at radius 3 is 2.55 bits per heavy atom. The number of amides is 2. The first-order valence-electron chi connectivity index (χ1n) is 12.8. The Kier molecular flexibility index (Phi) is 7.53. The molecule has 3 fully saturated rings. The summed E-state index contributed by atoms with van der Waals surface area (Å²) in [6, 6.07) is 4.56. The third kappa shape index (κ3) is 5.32. The van der Waals surface area contributed by atoms with Crippen molar-refractivity contribution in [3.05, 3.63) is 56.3 Å². The molecule has 5 rings (SSSR count). The van der Waals surface area contributed by atoms with Crippen molar-refractivity contribution in [1.29, 1.82) is 0 Å². The number of rotatable bonds is 6. The number of nitro groups is 1. The molecule has 3 saturated heterocycles. The van der Waals surface area contributed by atoms with Crippen LogP contribution in [-0.4, -0.2) is 84.0 Å². The number of carbonyl (C=O) groups is 2. The molecular weight excluding hydrogens is 556 g/mol. The lowest BCUT2D eigenvalue weighted by molar-refractivity contribution is -0.384. The number of piperidine rings is 2. The lowest BCUT2D eigenvalue weighted by Gasteiger charge is -2.47. The molecule has 3 aliphatic heterocycles. The molecule has 1 atom stereocenters. The molecule has 1 aromatic carbocycles. The second-order valence-electron chi connectivity index (χ2n) is 10.3. The number of ether oxygens (including phenoxy) is 1. The van der Waals surface area contributed by atoms with E-state index in [-0.39, 0.29) is 40.2 Å². The van der Waals surface area contributed by atoms with Gasteiger partial charge in [0, 0.05) is 67.6 Å². The Hall–Kier alpha value is -3.25. The van der Waals surface area contributed by atoms with Crippen molar-refractivity contribution in [2.45, 2.75) is 31.7 Å². The van der Waals surface area contributed by atoms with E-state index >= 15 is 0 Å². The summed E-state index contributed by atoms with van der Waals surface area (Å²) < 4.78 is 5.86. The molecule has 4 heterocycles. The molecule has 12 heteroatoms. The maximum atomic E-state index is 13.7. The molecule has 0 unspecified atom stereocenters. The fraction of sp³-hybridized carbons (Fsp3) is 0.500. The summed E-state index contributed by atoms with van der Waals surface area (Å²) in [7, 11) is 1.76. The van der Waals surface area contributed by atoms with E-state index in [1.165, 1.54) is 12.3 Å². The Labute approximate surface area is 229 Å². The number of benzene rings is 1. The normalized spacial score (nSPS) is 20.5. The van der Waals surface area contributed by atoms with Crippen LogP contribution in [0.5, 0.6) is 0 Å². The standard InChI is InChI=1S/C26H31BrN6O5/c1-28-20-9-17(12-29-13-20)24(34)32-6-2-3-19(14-32)30-23-21(10-18(27)11-22(23)33(36)37)25(35)31-7-4-26(5-8-31)15-38-16-26/h9-13,19,28,30H,2-8,14-16H2,1H3/t19-/m1/s1. The highest BCUT2D eigenvalue weighted by atomic mass is 79.9. The molecule has 1 spiro atoms. The smallest absolute Gasteiger partial charge is 0.294 e. The number of hydrogen-bond acceptors (Lipinski definition) is 8. The van der Waals surface area contributed by atoms with Gasteiger partial charge in [0.25, 0.3) is 17.5 Å². The van der Waals surface area contributed by atoms with E-state index in [1.54, 1.807) is 35.2 Å². The van der Waals surface area contributed by atoms with Gasteiger partial charge in [-0.25, -0.2) is 0 Å². The van der Waals surface area contributed by atoms with E-state index in [0.29, 0.717) is 42.6 Å². The van der Waals surface area contributed by atoms with Crippen LogP contribution in [0, 0.1) is 15.5 Å². The molecule has 0 aliphatic carbocycles. The van der Waals surface area contributed by atoms with Crippen molar-refractivity contribution in [1.82, 2.24) is 14.8 Å². The van der Waals surface area contributed by atoms with Crippen LogP contribution in [-0.2, 0) is 4.74 Å². The molecule has 11 nitrogen and oxygen atoms in total. The van der Waals surface area contributed by atoms with E-state index in [4.69, 9.17) is 4.74 Å². The summed E-state index contributed by atoms with van der Waals surface area (Å²) in [5, 5.41) is 18.3. The predicted octanol–water partition coefficient (Wildman–Crippen LogP) is 3.76. The molecule has 2 amide bonds. The largest absolute Gasteiger partial charge is 0.387 e. The van der Waals surface area contributed by atoms with Crippen LogP contribution in [0.2, 0.25) is 0 Å². The molecule has 2 N–H and O–H groups in total. The van der Waals surface area contributed by atoms with Crippen molar-refractivity contribution in [3.63, 3.8) is 0 Å². The first kappa shape index (κ1) is 26.4. The van der Waals surface area contributed by atoms with Crippen LogP contribution in [0.1, 0.15) is 46.4 Å². The van der Waals surface area contributed by atoms with Gasteiger partial charge < -0.3 is 25.2 Å². The summed E-state index contributed by atoms with van der Waals surface area (Å²) in [6.07, 6.45) is 6.35. The topological polar surface area (TPSA) is 130 Å². The predicted molar refractivity (Wildman–Crippen MR) is 146 cm³/mol. The van der Waals surface area contributed by atoms with Gasteiger partial charge in [-0.2, -0.15) is 0 Å². The minimum Gasteiger partial charge on any atom is -0.387 e. The lowest BCUT2D eigenvalue weighted by atomic mass is 9.77. The number of carbonyl (C=O) groups excluding carboxylic acids is 2. The van der Waals surface area contributed by atoms with Crippen LogP contribution in [0.25, 0.3) is 0 Å². The highest BCUT2D eigenvalue weighted by Crippen LogP contribution is 2.40. The van der Waals surface area contributed by atoms with Crippen LogP contribution in [0.15, 0.2) is 35.1 Å². The molecule has 0 radical (unpaired) electrons. The molecule has 202 valence electrons. The van der Waals surface area contributed by atoms with Crippen molar-refractivity contribution in [3.8, 4) is 0 Å². The number of nitrogens with zero attached hydrogens (tertiary/aromatic N) is 4. The highest BCUT2D eigenvalue weighted by Gasteiger charge is 2.42. The second kappa shape index (κ2) is 10.9. The van der Waals surface area contributed by atoms with Crippen molar-refractivity contribution in [2.24, 2.45) is 5.41 Å². The number of pyridine rings is 1. The number of nitrogens with one attached hydrogen (secondary N) is 2. The van der Waals surface area contributed by atoms with Crippen molar-refractivity contribution >= 4 is 44.8 Å². The van der Waals surface area contributed by atoms with Gasteiger partial charge >= 0.3 is 0 Å². The van der Waals surface area contributed by atoms with Crippen molar-refractivity contribution < 1.29 is 19.2 Å². The van der Waals surface area contributed by atoms with Crippen LogP contribution >= 0.6 is 15.9 Å². The second-order valence-corrected chi connectivity index (χ2v) is 11.3. The quantitative estimate of drug-likeness (QED) is 0.386. The SMILES string of the molecule is CNc1cncc(C(=O)N2CCC[C@@H](Nc3c(C(=O)N4CCC5(CC4)COC5)cc(Br)cc3[N+](=O)[O-])C2)c1. The van der Waals surface area contributed by atoms with Crippen molar-refractivity contribution in [2.75, 3.05) is 57.1 Å². The summed E-state index contributed by atoms with van der Waals surface area (Å²) in [5.74, 6) is -0.379. The molecule has 1 aromatic heterocycles. The van der Waals surface area contributed by atoms with Crippen LogP contribution in [0.3, 0.4) is 0 Å². The lowest BCUT2D eigenvalue weighted by Crippen LogP contribution is -2.52. The van der Waals surface area contributed by atoms with E-state index in [0.717, 1.165) is 38.2 Å². The zero-order valence-corrected chi connectivity index (χ0v) is 22.8. The Balaban J connectivity index is 1.36. The number of halogens is 1. The summed E-state index contributed by atoms with van der Waals surface area (Å²) in [6.45, 7) is 3.58. The molecular formula is C26H31BrN6O5. The molecule has 3 aliphatic rings. The number of hydrogen-bond donors (Lipinski definition) is 2. The van der Waals surface area contributed by atoms with E-state index in [2.05, 4.69) is 31.5 Å². The van der Waals surface area contributed by atoms with Gasteiger partial charge in [0.15, 0.2) is 0 Å². The Morgan fingerprint density at radius 2 is 1.89 bits per heavy atom. The van der Waals surface area contributed by atoms with Gasteiger partial charge in [-0.1, -0.05) is 15.9 Å². The Morgan fingerprint density at radius 1 is 1.13 bits per heavy atom. The number of anilines is 2. The summed E-state index contributed by atoms with van der Waals surface area (Å²) in [5.41, 5.74) is 1.68. The summed E-state index contributed by atoms with van der Waals surface area (Å²) in [4.78, 5) is 46.1. The van der Waals surface area contributed by atoms with Crippen LogP contribution in [0.4, 0.5) is 17.1 Å². The maximum Gasteiger partial charge on any atom is 0.294 e. The number of aromatic nitrogens is 1. The third-order valence-electron chi connectivity index (χ3n) is 7.77.